The quantitative estimate of drug-likeness (QED) is 0.345. The van der Waals surface area contributed by atoms with Gasteiger partial charge in [-0.2, -0.15) is 0 Å². The maximum absolute atomic E-state index is 5.85. The van der Waals surface area contributed by atoms with Crippen molar-refractivity contribution < 1.29 is 14.2 Å². The number of ether oxygens (including phenoxy) is 3. The number of morpholine rings is 1. The van der Waals surface area contributed by atoms with Crippen molar-refractivity contribution in [1.29, 1.82) is 0 Å². The van der Waals surface area contributed by atoms with Gasteiger partial charge in [0.05, 0.1) is 38.5 Å². The minimum Gasteiger partial charge on any atom is -0.379 e. The van der Waals surface area contributed by atoms with E-state index in [1.54, 1.807) is 0 Å². The summed E-state index contributed by atoms with van der Waals surface area (Å²) in [5.41, 5.74) is 2.60. The van der Waals surface area contributed by atoms with Crippen molar-refractivity contribution in [3.05, 3.63) is 35.4 Å². The lowest BCUT2D eigenvalue weighted by Crippen LogP contribution is -2.42. The van der Waals surface area contributed by atoms with E-state index in [0.717, 1.165) is 78.0 Å². The minimum atomic E-state index is 0.260. The molecule has 7 heteroatoms. The molecule has 1 aromatic rings. The normalized spacial score (nSPS) is 21.5. The van der Waals surface area contributed by atoms with Crippen molar-refractivity contribution in [2.45, 2.75) is 38.8 Å². The number of rotatable bonds is 10. The molecule has 2 N–H and O–H groups in total. The molecule has 2 atom stereocenters. The topological polar surface area (TPSA) is 67.4 Å². The van der Waals surface area contributed by atoms with E-state index in [-0.39, 0.29) is 12.1 Å². The van der Waals surface area contributed by atoms with Crippen LogP contribution in [0.1, 0.15) is 36.9 Å². The summed E-state index contributed by atoms with van der Waals surface area (Å²) < 4.78 is 16.8. The molecule has 0 spiro atoms. The fraction of sp³-hybridized carbons (Fsp3) is 0.696. The van der Waals surface area contributed by atoms with Crippen LogP contribution in [0.2, 0.25) is 0 Å². The Morgan fingerprint density at radius 3 is 2.67 bits per heavy atom. The van der Waals surface area contributed by atoms with Crippen molar-refractivity contribution >= 4 is 5.96 Å². The number of hydrogen-bond acceptors (Lipinski definition) is 5. The molecule has 2 aliphatic rings. The number of nitrogens with zero attached hydrogens (tertiary/aromatic N) is 2. The summed E-state index contributed by atoms with van der Waals surface area (Å²) in [5, 5.41) is 6.82. The predicted octanol–water partition coefficient (Wildman–Crippen LogP) is 2.12. The molecule has 2 unspecified atom stereocenters. The Labute approximate surface area is 181 Å². The third-order valence-electron chi connectivity index (χ3n) is 5.57. The molecule has 0 aromatic heterocycles. The molecule has 0 amide bonds. The van der Waals surface area contributed by atoms with E-state index in [0.29, 0.717) is 6.54 Å². The molecule has 1 aromatic carbocycles. The second-order valence-electron chi connectivity index (χ2n) is 7.93. The highest BCUT2D eigenvalue weighted by Gasteiger charge is 2.22. The molecule has 0 radical (unpaired) electrons. The Bertz CT molecular complexity index is 626. The van der Waals surface area contributed by atoms with Crippen LogP contribution in [0, 0.1) is 6.92 Å². The molecular weight excluding hydrogens is 380 g/mol. The summed E-state index contributed by atoms with van der Waals surface area (Å²) in [6.45, 7) is 12.4. The van der Waals surface area contributed by atoms with E-state index in [4.69, 9.17) is 19.2 Å². The third kappa shape index (κ3) is 7.54. The van der Waals surface area contributed by atoms with Crippen LogP contribution in [0.4, 0.5) is 0 Å². The Kier molecular flexibility index (Phi) is 9.89. The summed E-state index contributed by atoms with van der Waals surface area (Å²) in [6.07, 6.45) is 2.24. The second kappa shape index (κ2) is 12.9. The van der Waals surface area contributed by atoms with E-state index in [2.05, 4.69) is 53.6 Å². The maximum atomic E-state index is 5.85. The molecule has 168 valence electrons. The fourth-order valence-electron chi connectivity index (χ4n) is 3.80. The standard InChI is InChI=1S/C23H38N4O3/c1-3-24-23(25-10-4-13-30-21-9-14-29-18-21)26-17-22(27-11-15-28-16-12-27)20-7-5-19(2)6-8-20/h5-8,21-22H,3-4,9-18H2,1-2H3,(H2,24,25,26). The molecule has 2 aliphatic heterocycles. The van der Waals surface area contributed by atoms with Gasteiger partial charge < -0.3 is 24.8 Å². The minimum absolute atomic E-state index is 0.260. The van der Waals surface area contributed by atoms with Crippen LogP contribution in [-0.2, 0) is 14.2 Å². The van der Waals surface area contributed by atoms with Crippen molar-refractivity contribution in [2.75, 3.05) is 65.8 Å². The zero-order valence-electron chi connectivity index (χ0n) is 18.6. The lowest BCUT2D eigenvalue weighted by Gasteiger charge is -2.34. The monoisotopic (exact) mass is 418 g/mol. The van der Waals surface area contributed by atoms with E-state index < -0.39 is 0 Å². The van der Waals surface area contributed by atoms with Crippen LogP contribution >= 0.6 is 0 Å². The first-order chi connectivity index (χ1) is 14.8. The highest BCUT2D eigenvalue weighted by atomic mass is 16.5. The molecule has 3 rings (SSSR count). The predicted molar refractivity (Wildman–Crippen MR) is 120 cm³/mol. The summed E-state index contributed by atoms with van der Waals surface area (Å²) in [7, 11) is 0. The Hall–Kier alpha value is -1.67. The van der Waals surface area contributed by atoms with Crippen LogP contribution < -0.4 is 10.6 Å². The Balaban J connectivity index is 1.53. The SMILES string of the molecule is CCNC(=NCC(c1ccc(C)cc1)N1CCOCC1)NCCCOC1CCOC1. The van der Waals surface area contributed by atoms with E-state index in [9.17, 15) is 0 Å². The number of benzene rings is 1. The highest BCUT2D eigenvalue weighted by Crippen LogP contribution is 2.23. The van der Waals surface area contributed by atoms with Crippen molar-refractivity contribution in [1.82, 2.24) is 15.5 Å². The van der Waals surface area contributed by atoms with Gasteiger partial charge in [-0.3, -0.25) is 9.89 Å². The number of nitrogens with one attached hydrogen (secondary N) is 2. The first-order valence-electron chi connectivity index (χ1n) is 11.4. The molecule has 2 heterocycles. The first kappa shape index (κ1) is 23.0. The molecule has 30 heavy (non-hydrogen) atoms. The van der Waals surface area contributed by atoms with Gasteiger partial charge in [0.15, 0.2) is 5.96 Å². The van der Waals surface area contributed by atoms with Gasteiger partial charge in [0.1, 0.15) is 0 Å². The summed E-state index contributed by atoms with van der Waals surface area (Å²) >= 11 is 0. The molecule has 7 nitrogen and oxygen atoms in total. The molecule has 2 saturated heterocycles. The zero-order chi connectivity index (χ0) is 21.0. The first-order valence-corrected chi connectivity index (χ1v) is 11.4. The smallest absolute Gasteiger partial charge is 0.191 e. The molecule has 0 aliphatic carbocycles. The number of aryl methyl sites for hydroxylation is 1. The molecule has 0 bridgehead atoms. The van der Waals surface area contributed by atoms with E-state index >= 15 is 0 Å². The number of hydrogen-bond donors (Lipinski definition) is 2. The largest absolute Gasteiger partial charge is 0.379 e. The van der Waals surface area contributed by atoms with Crippen LogP contribution in [0.15, 0.2) is 29.3 Å². The molecule has 0 saturated carbocycles. The van der Waals surface area contributed by atoms with Crippen LogP contribution in [0.25, 0.3) is 0 Å². The van der Waals surface area contributed by atoms with Gasteiger partial charge in [-0.05, 0) is 32.3 Å². The summed E-state index contributed by atoms with van der Waals surface area (Å²) in [5.74, 6) is 0.868. The third-order valence-corrected chi connectivity index (χ3v) is 5.57. The number of aliphatic imine (C=N–C) groups is 1. The zero-order valence-corrected chi connectivity index (χ0v) is 18.6. The van der Waals surface area contributed by atoms with Gasteiger partial charge in [0.2, 0.25) is 0 Å². The average molecular weight is 419 g/mol. The lowest BCUT2D eigenvalue weighted by atomic mass is 10.0. The van der Waals surface area contributed by atoms with Crippen molar-refractivity contribution in [2.24, 2.45) is 4.99 Å². The van der Waals surface area contributed by atoms with Gasteiger partial charge in [-0.25, -0.2) is 0 Å². The van der Waals surface area contributed by atoms with Gasteiger partial charge in [0, 0.05) is 39.4 Å². The second-order valence-corrected chi connectivity index (χ2v) is 7.93. The molecule has 2 fully saturated rings. The number of guanidine groups is 1. The van der Waals surface area contributed by atoms with E-state index in [1.807, 2.05) is 0 Å². The average Bonchev–Trinajstić information content (AvgIpc) is 3.29. The highest BCUT2D eigenvalue weighted by molar-refractivity contribution is 5.79. The van der Waals surface area contributed by atoms with E-state index in [1.165, 1.54) is 11.1 Å². The summed E-state index contributed by atoms with van der Waals surface area (Å²) in [4.78, 5) is 7.40. The van der Waals surface area contributed by atoms with Gasteiger partial charge in [-0.15, -0.1) is 0 Å². The summed E-state index contributed by atoms with van der Waals surface area (Å²) in [6, 6.07) is 9.09. The van der Waals surface area contributed by atoms with Crippen LogP contribution in [-0.4, -0.2) is 82.7 Å². The van der Waals surface area contributed by atoms with Gasteiger partial charge >= 0.3 is 0 Å². The maximum Gasteiger partial charge on any atom is 0.191 e. The fourth-order valence-corrected chi connectivity index (χ4v) is 3.80. The lowest BCUT2D eigenvalue weighted by molar-refractivity contribution is 0.0179. The van der Waals surface area contributed by atoms with Gasteiger partial charge in [-0.1, -0.05) is 29.8 Å². The van der Waals surface area contributed by atoms with Crippen molar-refractivity contribution in [3.63, 3.8) is 0 Å². The molecular formula is C23H38N4O3. The van der Waals surface area contributed by atoms with Crippen LogP contribution in [0.3, 0.4) is 0 Å². The Morgan fingerprint density at radius 1 is 1.17 bits per heavy atom. The van der Waals surface area contributed by atoms with Crippen molar-refractivity contribution in [3.8, 4) is 0 Å². The Morgan fingerprint density at radius 2 is 1.97 bits per heavy atom. The van der Waals surface area contributed by atoms with Gasteiger partial charge in [0.25, 0.3) is 0 Å². The van der Waals surface area contributed by atoms with Crippen LogP contribution in [0.5, 0.6) is 0 Å².